The molecule has 112 valence electrons. The molecule has 4 unspecified atom stereocenters. The van der Waals surface area contributed by atoms with E-state index in [1.807, 2.05) is 20.8 Å². The molecule has 1 heterocycles. The van der Waals surface area contributed by atoms with Gasteiger partial charge >= 0.3 is 0 Å². The second-order valence-electron chi connectivity index (χ2n) is 5.58. The Labute approximate surface area is 116 Å². The van der Waals surface area contributed by atoms with Crippen molar-refractivity contribution in [1.82, 2.24) is 10.2 Å². The molecule has 0 aromatic rings. The Balaban J connectivity index is 2.50. The minimum atomic E-state index is -0.188. The van der Waals surface area contributed by atoms with Gasteiger partial charge in [0.2, 0.25) is 5.91 Å². The quantitative estimate of drug-likeness (QED) is 0.749. The highest BCUT2D eigenvalue weighted by molar-refractivity contribution is 5.81. The van der Waals surface area contributed by atoms with Crippen LogP contribution >= 0.6 is 0 Å². The van der Waals surface area contributed by atoms with Crippen molar-refractivity contribution >= 4 is 5.91 Å². The van der Waals surface area contributed by atoms with Gasteiger partial charge in [-0.05, 0) is 27.2 Å². The molecule has 1 aliphatic rings. The Morgan fingerprint density at radius 1 is 1.47 bits per heavy atom. The fraction of sp³-hybridized carbons (Fsp3) is 0.929. The molecular weight excluding hydrogens is 244 g/mol. The van der Waals surface area contributed by atoms with E-state index in [-0.39, 0.29) is 36.8 Å². The standard InChI is InChI=1S/C14H28N2O3/c1-5-6-10(2)15-14(18)12(4)16-7-11(3)19-13(8-16)9-17/h10-13,17H,5-9H2,1-4H3,(H,15,18). The summed E-state index contributed by atoms with van der Waals surface area (Å²) in [5.74, 6) is 0.0618. The molecule has 1 fully saturated rings. The number of morpholine rings is 1. The molecule has 0 bridgehead atoms. The van der Waals surface area contributed by atoms with Crippen molar-refractivity contribution in [2.45, 2.75) is 64.8 Å². The van der Waals surface area contributed by atoms with Crippen molar-refractivity contribution in [2.24, 2.45) is 0 Å². The van der Waals surface area contributed by atoms with Crippen molar-refractivity contribution in [3.63, 3.8) is 0 Å². The molecule has 5 heteroatoms. The lowest BCUT2D eigenvalue weighted by Crippen LogP contribution is -2.56. The van der Waals surface area contributed by atoms with E-state index in [0.717, 1.165) is 19.4 Å². The number of rotatable bonds is 6. The average Bonchev–Trinajstić information content (AvgIpc) is 2.37. The van der Waals surface area contributed by atoms with Crippen LogP contribution in [0.5, 0.6) is 0 Å². The topological polar surface area (TPSA) is 61.8 Å². The predicted molar refractivity (Wildman–Crippen MR) is 75.0 cm³/mol. The first-order valence-electron chi connectivity index (χ1n) is 7.28. The molecule has 0 aromatic carbocycles. The van der Waals surface area contributed by atoms with Gasteiger partial charge in [-0.3, -0.25) is 9.69 Å². The van der Waals surface area contributed by atoms with Gasteiger partial charge in [-0.15, -0.1) is 0 Å². The maximum absolute atomic E-state index is 12.2. The molecule has 19 heavy (non-hydrogen) atoms. The number of ether oxygens (including phenoxy) is 1. The van der Waals surface area contributed by atoms with Crippen molar-refractivity contribution in [2.75, 3.05) is 19.7 Å². The number of carbonyl (C=O) groups is 1. The van der Waals surface area contributed by atoms with Gasteiger partial charge in [-0.1, -0.05) is 13.3 Å². The number of hydrogen-bond donors (Lipinski definition) is 2. The fourth-order valence-corrected chi connectivity index (χ4v) is 2.53. The third-order valence-corrected chi connectivity index (χ3v) is 3.60. The van der Waals surface area contributed by atoms with Crippen LogP contribution in [0.25, 0.3) is 0 Å². The Hall–Kier alpha value is -0.650. The smallest absolute Gasteiger partial charge is 0.237 e. The summed E-state index contributed by atoms with van der Waals surface area (Å²) in [4.78, 5) is 14.3. The van der Waals surface area contributed by atoms with Gasteiger partial charge in [-0.25, -0.2) is 0 Å². The summed E-state index contributed by atoms with van der Waals surface area (Å²) in [6.07, 6.45) is 1.93. The first-order chi connectivity index (χ1) is 8.97. The molecule has 0 spiro atoms. The van der Waals surface area contributed by atoms with Crippen LogP contribution in [0, 0.1) is 0 Å². The molecule has 1 aliphatic heterocycles. The number of aliphatic hydroxyl groups is 1. The van der Waals surface area contributed by atoms with Gasteiger partial charge in [0.15, 0.2) is 0 Å². The molecule has 4 atom stereocenters. The lowest BCUT2D eigenvalue weighted by Gasteiger charge is -2.39. The van der Waals surface area contributed by atoms with Crippen LogP contribution in [-0.2, 0) is 9.53 Å². The minimum absolute atomic E-state index is 0.00141. The van der Waals surface area contributed by atoms with Gasteiger partial charge in [-0.2, -0.15) is 0 Å². The van der Waals surface area contributed by atoms with E-state index in [0.29, 0.717) is 6.54 Å². The second-order valence-corrected chi connectivity index (χ2v) is 5.58. The monoisotopic (exact) mass is 272 g/mol. The average molecular weight is 272 g/mol. The van der Waals surface area contributed by atoms with E-state index in [9.17, 15) is 9.90 Å². The fourth-order valence-electron chi connectivity index (χ4n) is 2.53. The predicted octanol–water partition coefficient (Wildman–Crippen LogP) is 0.761. The van der Waals surface area contributed by atoms with E-state index in [2.05, 4.69) is 17.1 Å². The summed E-state index contributed by atoms with van der Waals surface area (Å²) < 4.78 is 5.59. The van der Waals surface area contributed by atoms with Crippen LogP contribution in [0.3, 0.4) is 0 Å². The summed E-state index contributed by atoms with van der Waals surface area (Å²) in [5.41, 5.74) is 0. The molecule has 2 N–H and O–H groups in total. The normalized spacial score (nSPS) is 27.8. The molecule has 0 saturated carbocycles. The summed E-state index contributed by atoms with van der Waals surface area (Å²) in [7, 11) is 0. The number of hydrogen-bond acceptors (Lipinski definition) is 4. The van der Waals surface area contributed by atoms with E-state index in [1.54, 1.807) is 0 Å². The SMILES string of the molecule is CCCC(C)NC(=O)C(C)N1CC(C)OC(CO)C1. The van der Waals surface area contributed by atoms with Crippen LogP contribution < -0.4 is 5.32 Å². The van der Waals surface area contributed by atoms with Crippen molar-refractivity contribution in [1.29, 1.82) is 0 Å². The van der Waals surface area contributed by atoms with Crippen LogP contribution in [0.1, 0.15) is 40.5 Å². The Kier molecular flexibility index (Phi) is 6.75. The first-order valence-corrected chi connectivity index (χ1v) is 7.28. The lowest BCUT2D eigenvalue weighted by molar-refractivity contribution is -0.136. The largest absolute Gasteiger partial charge is 0.394 e. The zero-order valence-corrected chi connectivity index (χ0v) is 12.6. The molecule has 1 amide bonds. The second kappa shape index (κ2) is 7.82. The molecule has 0 aliphatic carbocycles. The Morgan fingerprint density at radius 3 is 2.74 bits per heavy atom. The van der Waals surface area contributed by atoms with Crippen LogP contribution in [0.4, 0.5) is 0 Å². The first kappa shape index (κ1) is 16.4. The van der Waals surface area contributed by atoms with Gasteiger partial charge < -0.3 is 15.2 Å². The summed E-state index contributed by atoms with van der Waals surface area (Å²) in [6, 6.07) is 0.0340. The highest BCUT2D eigenvalue weighted by Crippen LogP contribution is 2.14. The number of aliphatic hydroxyl groups excluding tert-OH is 1. The molecular formula is C14H28N2O3. The zero-order chi connectivity index (χ0) is 14.4. The van der Waals surface area contributed by atoms with E-state index < -0.39 is 0 Å². The Bertz CT molecular complexity index is 286. The van der Waals surface area contributed by atoms with E-state index >= 15 is 0 Å². The summed E-state index contributed by atoms with van der Waals surface area (Å²) >= 11 is 0. The van der Waals surface area contributed by atoms with Gasteiger partial charge in [0, 0.05) is 19.1 Å². The van der Waals surface area contributed by atoms with Crippen LogP contribution in [0.2, 0.25) is 0 Å². The molecule has 5 nitrogen and oxygen atoms in total. The zero-order valence-electron chi connectivity index (χ0n) is 12.6. The minimum Gasteiger partial charge on any atom is -0.394 e. The maximum atomic E-state index is 12.2. The van der Waals surface area contributed by atoms with Crippen molar-refractivity contribution < 1.29 is 14.6 Å². The highest BCUT2D eigenvalue weighted by atomic mass is 16.5. The lowest BCUT2D eigenvalue weighted by atomic mass is 10.1. The van der Waals surface area contributed by atoms with Gasteiger partial charge in [0.1, 0.15) is 0 Å². The third-order valence-electron chi connectivity index (χ3n) is 3.60. The highest BCUT2D eigenvalue weighted by Gasteiger charge is 2.31. The van der Waals surface area contributed by atoms with E-state index in [4.69, 9.17) is 4.74 Å². The molecule has 1 saturated heterocycles. The third kappa shape index (κ3) is 5.09. The molecule has 0 radical (unpaired) electrons. The molecule has 1 rings (SSSR count). The van der Waals surface area contributed by atoms with Crippen LogP contribution in [-0.4, -0.2) is 59.9 Å². The number of amides is 1. The summed E-state index contributed by atoms with van der Waals surface area (Å²) in [5, 5.41) is 12.3. The maximum Gasteiger partial charge on any atom is 0.237 e. The number of nitrogens with zero attached hydrogens (tertiary/aromatic N) is 1. The number of nitrogens with one attached hydrogen (secondary N) is 1. The van der Waals surface area contributed by atoms with E-state index in [1.165, 1.54) is 0 Å². The van der Waals surface area contributed by atoms with Gasteiger partial charge in [0.05, 0.1) is 24.9 Å². The van der Waals surface area contributed by atoms with Crippen molar-refractivity contribution in [3.05, 3.63) is 0 Å². The van der Waals surface area contributed by atoms with Crippen LogP contribution in [0.15, 0.2) is 0 Å². The summed E-state index contributed by atoms with van der Waals surface area (Å²) in [6.45, 7) is 9.38. The Morgan fingerprint density at radius 2 is 2.16 bits per heavy atom. The molecule has 0 aromatic heterocycles. The van der Waals surface area contributed by atoms with Gasteiger partial charge in [0.25, 0.3) is 0 Å². The number of carbonyl (C=O) groups excluding carboxylic acids is 1. The van der Waals surface area contributed by atoms with Crippen molar-refractivity contribution in [3.8, 4) is 0 Å².